The zero-order valence-corrected chi connectivity index (χ0v) is 10.5. The van der Waals surface area contributed by atoms with Crippen LogP contribution in [0.4, 0.5) is 0 Å². The van der Waals surface area contributed by atoms with E-state index in [-0.39, 0.29) is 5.76 Å². The van der Waals surface area contributed by atoms with E-state index < -0.39 is 0 Å². The quantitative estimate of drug-likeness (QED) is 0.852. The highest BCUT2D eigenvalue weighted by Gasteiger charge is 2.26. The number of hydrogen-bond acceptors (Lipinski definition) is 3. The Labute approximate surface area is 105 Å². The summed E-state index contributed by atoms with van der Waals surface area (Å²) in [6.45, 7) is 3.07. The van der Waals surface area contributed by atoms with Crippen molar-refractivity contribution in [1.82, 2.24) is 10.3 Å². The highest BCUT2D eigenvalue weighted by molar-refractivity contribution is 5.72. The van der Waals surface area contributed by atoms with Gasteiger partial charge in [0.1, 0.15) is 0 Å². The van der Waals surface area contributed by atoms with Crippen LogP contribution < -0.4 is 11.1 Å². The van der Waals surface area contributed by atoms with Gasteiger partial charge >= 0.3 is 5.76 Å². The largest absolute Gasteiger partial charge is 0.417 e. The lowest BCUT2D eigenvalue weighted by Gasteiger charge is -2.17. The van der Waals surface area contributed by atoms with Crippen molar-refractivity contribution < 1.29 is 4.42 Å². The van der Waals surface area contributed by atoms with Crippen LogP contribution >= 0.6 is 0 Å². The van der Waals surface area contributed by atoms with Gasteiger partial charge in [-0.25, -0.2) is 4.79 Å². The number of hydrogen-bond donors (Lipinski definition) is 2. The smallest absolute Gasteiger partial charge is 0.408 e. The van der Waals surface area contributed by atoms with E-state index in [9.17, 15) is 4.79 Å². The molecule has 3 rings (SSSR count). The Kier molecular flexibility index (Phi) is 2.96. The van der Waals surface area contributed by atoms with Gasteiger partial charge in [-0.3, -0.25) is 4.98 Å². The third-order valence-corrected chi connectivity index (χ3v) is 3.56. The summed E-state index contributed by atoms with van der Waals surface area (Å²) in [6.07, 6.45) is 3.88. The number of benzene rings is 1. The lowest BCUT2D eigenvalue weighted by molar-refractivity contribution is 0.486. The standard InChI is InChI=1S/C14H18N2O2/c1-2-15-12(7-9-3-4-9)10-5-6-11-13(8-10)18-14(17)16-11/h5-6,8-9,12,15H,2-4,7H2,1H3,(H,16,17). The summed E-state index contributed by atoms with van der Waals surface area (Å²) >= 11 is 0. The van der Waals surface area contributed by atoms with Crippen LogP contribution in [-0.2, 0) is 0 Å². The molecule has 96 valence electrons. The fraction of sp³-hybridized carbons (Fsp3) is 0.500. The molecule has 0 amide bonds. The molecule has 0 bridgehead atoms. The minimum Gasteiger partial charge on any atom is -0.408 e. The van der Waals surface area contributed by atoms with Crippen LogP contribution in [0.3, 0.4) is 0 Å². The average molecular weight is 246 g/mol. The van der Waals surface area contributed by atoms with Crippen molar-refractivity contribution in [2.24, 2.45) is 5.92 Å². The van der Waals surface area contributed by atoms with Crippen LogP contribution in [0.15, 0.2) is 27.4 Å². The molecule has 4 nitrogen and oxygen atoms in total. The second kappa shape index (κ2) is 4.61. The molecule has 1 heterocycles. The minimum absolute atomic E-state index is 0.368. The normalized spacial score (nSPS) is 17.2. The number of H-pyrrole nitrogens is 1. The number of nitrogens with one attached hydrogen (secondary N) is 2. The Bertz CT molecular complexity index is 595. The molecule has 1 atom stereocenters. The maximum atomic E-state index is 11.1. The molecular formula is C14H18N2O2. The Morgan fingerprint density at radius 3 is 3.06 bits per heavy atom. The Balaban J connectivity index is 1.91. The Morgan fingerprint density at radius 2 is 2.33 bits per heavy atom. The fourth-order valence-corrected chi connectivity index (χ4v) is 2.45. The Hall–Kier alpha value is -1.55. The lowest BCUT2D eigenvalue weighted by atomic mass is 10.0. The molecule has 18 heavy (non-hydrogen) atoms. The highest BCUT2D eigenvalue weighted by Crippen LogP contribution is 2.37. The maximum Gasteiger partial charge on any atom is 0.417 e. The van der Waals surface area contributed by atoms with Gasteiger partial charge in [-0.2, -0.15) is 0 Å². The molecule has 2 aromatic rings. The molecule has 1 aromatic carbocycles. The van der Waals surface area contributed by atoms with Crippen LogP contribution in [-0.4, -0.2) is 11.5 Å². The molecular weight excluding hydrogens is 228 g/mol. The first-order chi connectivity index (χ1) is 8.76. The molecule has 1 aromatic heterocycles. The summed E-state index contributed by atoms with van der Waals surface area (Å²) in [4.78, 5) is 13.8. The van der Waals surface area contributed by atoms with Gasteiger partial charge in [0.05, 0.1) is 5.52 Å². The topological polar surface area (TPSA) is 58.0 Å². The van der Waals surface area contributed by atoms with Crippen LogP contribution in [0.5, 0.6) is 0 Å². The number of fused-ring (bicyclic) bond motifs is 1. The van der Waals surface area contributed by atoms with E-state index >= 15 is 0 Å². The minimum atomic E-state index is -0.385. The molecule has 1 unspecified atom stereocenters. The van der Waals surface area contributed by atoms with Crippen LogP contribution in [0, 0.1) is 5.92 Å². The molecule has 4 heteroatoms. The summed E-state index contributed by atoms with van der Waals surface area (Å²) in [5.74, 6) is 0.479. The van der Waals surface area contributed by atoms with Crippen molar-refractivity contribution in [2.45, 2.75) is 32.2 Å². The zero-order valence-electron chi connectivity index (χ0n) is 10.5. The second-order valence-electron chi connectivity index (χ2n) is 5.06. The summed E-state index contributed by atoms with van der Waals surface area (Å²) in [7, 11) is 0. The summed E-state index contributed by atoms with van der Waals surface area (Å²) in [6, 6.07) is 6.34. The van der Waals surface area contributed by atoms with Gasteiger partial charge in [0.25, 0.3) is 0 Å². The monoisotopic (exact) mass is 246 g/mol. The maximum absolute atomic E-state index is 11.1. The van der Waals surface area contributed by atoms with Gasteiger partial charge in [-0.15, -0.1) is 0 Å². The SMILES string of the molecule is CCNC(CC1CC1)c1ccc2[nH]c(=O)oc2c1. The molecule has 0 saturated heterocycles. The van der Waals surface area contributed by atoms with Gasteiger partial charge in [0, 0.05) is 6.04 Å². The van der Waals surface area contributed by atoms with Crippen molar-refractivity contribution in [2.75, 3.05) is 6.54 Å². The van der Waals surface area contributed by atoms with Crippen LogP contribution in [0.25, 0.3) is 11.1 Å². The van der Waals surface area contributed by atoms with Crippen molar-refractivity contribution in [3.63, 3.8) is 0 Å². The third kappa shape index (κ3) is 2.34. The van der Waals surface area contributed by atoms with E-state index in [2.05, 4.69) is 23.3 Å². The molecule has 1 saturated carbocycles. The fourth-order valence-electron chi connectivity index (χ4n) is 2.45. The predicted octanol–water partition coefficient (Wildman–Crippen LogP) is 2.57. The number of aromatic amines is 1. The second-order valence-corrected chi connectivity index (χ2v) is 5.06. The van der Waals surface area contributed by atoms with Crippen molar-refractivity contribution in [1.29, 1.82) is 0 Å². The van der Waals surface area contributed by atoms with Gasteiger partial charge in [0.2, 0.25) is 0 Å². The third-order valence-electron chi connectivity index (χ3n) is 3.56. The first-order valence-corrected chi connectivity index (χ1v) is 6.62. The summed E-state index contributed by atoms with van der Waals surface area (Å²) in [5.41, 5.74) is 2.63. The predicted molar refractivity (Wildman–Crippen MR) is 70.6 cm³/mol. The average Bonchev–Trinajstić information content (AvgIpc) is 3.07. The number of aromatic nitrogens is 1. The van der Waals surface area contributed by atoms with Crippen molar-refractivity contribution >= 4 is 11.1 Å². The molecule has 1 fully saturated rings. The Morgan fingerprint density at radius 1 is 1.50 bits per heavy atom. The molecule has 1 aliphatic rings. The molecule has 0 aliphatic heterocycles. The molecule has 0 radical (unpaired) electrons. The van der Waals surface area contributed by atoms with E-state index in [0.717, 1.165) is 18.0 Å². The van der Waals surface area contributed by atoms with Crippen LogP contribution in [0.1, 0.15) is 37.8 Å². The first-order valence-electron chi connectivity index (χ1n) is 6.62. The lowest BCUT2D eigenvalue weighted by Crippen LogP contribution is -2.21. The van der Waals surface area contributed by atoms with Gasteiger partial charge in [-0.1, -0.05) is 25.8 Å². The zero-order chi connectivity index (χ0) is 12.5. The van der Waals surface area contributed by atoms with E-state index in [4.69, 9.17) is 4.42 Å². The molecule has 2 N–H and O–H groups in total. The van der Waals surface area contributed by atoms with Crippen molar-refractivity contribution in [3.8, 4) is 0 Å². The van der Waals surface area contributed by atoms with Gasteiger partial charge < -0.3 is 9.73 Å². The highest BCUT2D eigenvalue weighted by atomic mass is 16.4. The van der Waals surface area contributed by atoms with E-state index in [1.165, 1.54) is 24.8 Å². The van der Waals surface area contributed by atoms with E-state index in [1.54, 1.807) is 0 Å². The summed E-state index contributed by atoms with van der Waals surface area (Å²) < 4.78 is 5.12. The van der Waals surface area contributed by atoms with E-state index in [1.807, 2.05) is 12.1 Å². The summed E-state index contributed by atoms with van der Waals surface area (Å²) in [5, 5.41) is 3.51. The van der Waals surface area contributed by atoms with Gasteiger partial charge in [0.15, 0.2) is 5.58 Å². The van der Waals surface area contributed by atoms with Gasteiger partial charge in [-0.05, 0) is 36.6 Å². The van der Waals surface area contributed by atoms with E-state index in [0.29, 0.717) is 11.6 Å². The number of rotatable bonds is 5. The number of oxazole rings is 1. The van der Waals surface area contributed by atoms with Crippen LogP contribution in [0.2, 0.25) is 0 Å². The molecule has 0 spiro atoms. The molecule has 1 aliphatic carbocycles. The first kappa shape index (κ1) is 11.5. The van der Waals surface area contributed by atoms with Crippen molar-refractivity contribution in [3.05, 3.63) is 34.3 Å².